The predicted molar refractivity (Wildman–Crippen MR) is 295 cm³/mol. The van der Waals surface area contributed by atoms with Crippen LogP contribution in [0.25, 0.3) is 73.4 Å². The minimum absolute atomic E-state index is 0.554. The lowest BCUT2D eigenvalue weighted by atomic mass is 9.70. The van der Waals surface area contributed by atoms with Gasteiger partial charge in [-0.05, 0) is 152 Å². The van der Waals surface area contributed by atoms with Crippen LogP contribution in [-0.4, -0.2) is 0 Å². The molecule has 0 aliphatic heterocycles. The molecule has 322 valence electrons. The molecule has 1 spiro atoms. The van der Waals surface area contributed by atoms with E-state index in [1.165, 1.54) is 107 Å². The van der Waals surface area contributed by atoms with E-state index in [1.807, 2.05) is 22.7 Å². The molecule has 2 nitrogen and oxygen atoms in total. The van der Waals surface area contributed by atoms with Crippen molar-refractivity contribution < 1.29 is 0 Å². The largest absolute Gasteiger partial charge is 0.310 e. The van der Waals surface area contributed by atoms with Crippen LogP contribution in [0.2, 0.25) is 0 Å². The highest BCUT2D eigenvalue weighted by atomic mass is 32.1. The van der Waals surface area contributed by atoms with Crippen LogP contribution in [0.5, 0.6) is 0 Å². The Morgan fingerprint density at radius 2 is 0.739 bits per heavy atom. The fourth-order valence-electron chi connectivity index (χ4n) is 12.0. The van der Waals surface area contributed by atoms with Gasteiger partial charge in [-0.3, -0.25) is 0 Å². The van der Waals surface area contributed by atoms with Gasteiger partial charge in [-0.15, -0.1) is 22.7 Å². The van der Waals surface area contributed by atoms with E-state index in [4.69, 9.17) is 0 Å². The van der Waals surface area contributed by atoms with Crippen LogP contribution in [0.15, 0.2) is 243 Å². The molecular formula is C65H40N2S2. The van der Waals surface area contributed by atoms with Gasteiger partial charge >= 0.3 is 0 Å². The molecule has 2 heterocycles. The minimum Gasteiger partial charge on any atom is -0.310 e. The maximum absolute atomic E-state index is 2.53. The van der Waals surface area contributed by atoms with Gasteiger partial charge in [0, 0.05) is 63.1 Å². The zero-order valence-corrected chi connectivity index (χ0v) is 38.9. The Labute approximate surface area is 407 Å². The quantitative estimate of drug-likeness (QED) is 0.164. The lowest BCUT2D eigenvalue weighted by Crippen LogP contribution is -2.26. The van der Waals surface area contributed by atoms with Crippen molar-refractivity contribution in [3.8, 4) is 22.3 Å². The van der Waals surface area contributed by atoms with Gasteiger partial charge in [-0.2, -0.15) is 0 Å². The zero-order valence-electron chi connectivity index (χ0n) is 37.3. The summed E-state index contributed by atoms with van der Waals surface area (Å²) in [5.74, 6) is 0. The van der Waals surface area contributed by atoms with E-state index in [-0.39, 0.29) is 0 Å². The van der Waals surface area contributed by atoms with Crippen LogP contribution in [-0.2, 0) is 5.41 Å². The van der Waals surface area contributed by atoms with E-state index >= 15 is 0 Å². The lowest BCUT2D eigenvalue weighted by Gasteiger charge is -2.32. The van der Waals surface area contributed by atoms with Crippen molar-refractivity contribution in [1.29, 1.82) is 0 Å². The molecule has 0 saturated heterocycles. The van der Waals surface area contributed by atoms with Crippen molar-refractivity contribution in [2.24, 2.45) is 0 Å². The fraction of sp³-hybridized carbons (Fsp3) is 0.0154. The first-order chi connectivity index (χ1) is 34.2. The Bertz CT molecular complexity index is 4180. The molecule has 2 aliphatic carbocycles. The minimum atomic E-state index is -0.554. The summed E-state index contributed by atoms with van der Waals surface area (Å²) >= 11 is 3.73. The van der Waals surface area contributed by atoms with Crippen molar-refractivity contribution in [3.05, 3.63) is 265 Å². The summed E-state index contributed by atoms with van der Waals surface area (Å²) < 4.78 is 5.18. The molecular weight excluding hydrogens is 873 g/mol. The number of hydrogen-bond acceptors (Lipinski definition) is 4. The first kappa shape index (κ1) is 38.8. The smallest absolute Gasteiger partial charge is 0.0726 e. The molecule has 0 saturated carbocycles. The monoisotopic (exact) mass is 912 g/mol. The summed E-state index contributed by atoms with van der Waals surface area (Å²) in [6.45, 7) is 0. The lowest BCUT2D eigenvalue weighted by molar-refractivity contribution is 0.795. The standard InChI is InChI=1S/C65H40N2S2/c1-3-17-43(18-4-1)66(57-27-15-31-61-63(57)50-23-9-13-29-59(50)68-61)45-34-33-41-38-52-49-36-35-46(67(44-19-5-2-6-20-44)58-28-16-32-62-64(58)51-24-10-14-30-60(51)69-62)40-56(49)65(55(52)39-42(41)37-45)53-25-11-7-21-47(53)48-22-8-12-26-54(48)65/h1-40H. The van der Waals surface area contributed by atoms with Crippen LogP contribution in [0, 0.1) is 0 Å². The molecule has 0 fully saturated rings. The normalized spacial score (nSPS) is 13.0. The predicted octanol–water partition coefficient (Wildman–Crippen LogP) is 18.9. The van der Waals surface area contributed by atoms with Crippen LogP contribution in [0.4, 0.5) is 34.1 Å². The third kappa shape index (κ3) is 5.53. The van der Waals surface area contributed by atoms with Gasteiger partial charge in [0.15, 0.2) is 0 Å². The molecule has 0 atom stereocenters. The Morgan fingerprint density at radius 1 is 0.275 bits per heavy atom. The Balaban J connectivity index is 0.983. The number of rotatable bonds is 6. The molecule has 0 bridgehead atoms. The summed E-state index contributed by atoms with van der Waals surface area (Å²) in [6, 6.07) is 90.7. The average molecular weight is 913 g/mol. The summed E-state index contributed by atoms with van der Waals surface area (Å²) in [5.41, 5.74) is 16.8. The maximum Gasteiger partial charge on any atom is 0.0726 e. The molecule has 13 aromatic rings. The highest BCUT2D eigenvalue weighted by Crippen LogP contribution is 2.64. The summed E-state index contributed by atoms with van der Waals surface area (Å²) in [4.78, 5) is 4.95. The van der Waals surface area contributed by atoms with Gasteiger partial charge in [0.25, 0.3) is 0 Å². The molecule has 0 radical (unpaired) electrons. The number of thiophene rings is 2. The van der Waals surface area contributed by atoms with E-state index in [0.717, 1.165) is 22.7 Å². The Hall–Kier alpha value is -8.28. The highest BCUT2D eigenvalue weighted by Gasteiger charge is 2.52. The first-order valence-corrected chi connectivity index (χ1v) is 25.3. The van der Waals surface area contributed by atoms with Crippen molar-refractivity contribution in [1.82, 2.24) is 0 Å². The van der Waals surface area contributed by atoms with Gasteiger partial charge in [0.05, 0.1) is 16.8 Å². The molecule has 4 heteroatoms. The van der Waals surface area contributed by atoms with E-state index in [0.29, 0.717) is 0 Å². The van der Waals surface area contributed by atoms with Crippen molar-refractivity contribution in [3.63, 3.8) is 0 Å². The van der Waals surface area contributed by atoms with Gasteiger partial charge < -0.3 is 9.80 Å². The van der Waals surface area contributed by atoms with E-state index < -0.39 is 5.41 Å². The SMILES string of the molecule is c1ccc(N(c2ccc3c(c2)C2(c4ccccc4-c4ccccc42)c2cc4cc(N(c5ccccc5)c5cccc6sc7ccccc7c56)ccc4cc2-3)c2cccc3sc4ccccc4c23)cc1. The van der Waals surface area contributed by atoms with E-state index in [2.05, 4.69) is 252 Å². The van der Waals surface area contributed by atoms with Gasteiger partial charge in [-0.25, -0.2) is 0 Å². The second-order valence-corrected chi connectivity index (χ2v) is 20.5. The maximum atomic E-state index is 2.53. The average Bonchev–Trinajstić information content (AvgIpc) is 4.14. The molecule has 2 aliphatic rings. The Kier molecular flexibility index (Phi) is 8.35. The van der Waals surface area contributed by atoms with Crippen LogP contribution in [0.3, 0.4) is 0 Å². The number of nitrogens with zero attached hydrogens (tertiary/aromatic N) is 2. The van der Waals surface area contributed by atoms with Crippen LogP contribution >= 0.6 is 22.7 Å². The van der Waals surface area contributed by atoms with Crippen molar-refractivity contribution >= 4 is 108 Å². The fourth-order valence-corrected chi connectivity index (χ4v) is 14.3. The molecule has 11 aromatic carbocycles. The molecule has 0 amide bonds. The topological polar surface area (TPSA) is 6.48 Å². The third-order valence-corrected chi connectivity index (χ3v) is 17.1. The van der Waals surface area contributed by atoms with Crippen molar-refractivity contribution in [2.75, 3.05) is 9.80 Å². The van der Waals surface area contributed by atoms with Crippen LogP contribution < -0.4 is 9.80 Å². The van der Waals surface area contributed by atoms with Gasteiger partial charge in [-0.1, -0.05) is 146 Å². The number of benzene rings is 11. The molecule has 0 N–H and O–H groups in total. The van der Waals surface area contributed by atoms with E-state index in [1.54, 1.807) is 0 Å². The number of para-hydroxylation sites is 2. The zero-order chi connectivity index (χ0) is 45.2. The molecule has 15 rings (SSSR count). The molecule has 0 unspecified atom stereocenters. The number of fused-ring (bicyclic) bond motifs is 17. The van der Waals surface area contributed by atoms with Crippen molar-refractivity contribution in [2.45, 2.75) is 5.41 Å². The second kappa shape index (κ2) is 14.9. The third-order valence-electron chi connectivity index (χ3n) is 14.8. The second-order valence-electron chi connectivity index (χ2n) is 18.3. The van der Waals surface area contributed by atoms with Gasteiger partial charge in [0.2, 0.25) is 0 Å². The first-order valence-electron chi connectivity index (χ1n) is 23.7. The summed E-state index contributed by atoms with van der Waals surface area (Å²) in [5, 5.41) is 7.58. The number of hydrogen-bond donors (Lipinski definition) is 0. The summed E-state index contributed by atoms with van der Waals surface area (Å²) in [6.07, 6.45) is 0. The van der Waals surface area contributed by atoms with E-state index in [9.17, 15) is 0 Å². The summed E-state index contributed by atoms with van der Waals surface area (Å²) in [7, 11) is 0. The van der Waals surface area contributed by atoms with Crippen LogP contribution in [0.1, 0.15) is 22.3 Å². The molecule has 69 heavy (non-hydrogen) atoms. The Morgan fingerprint density at radius 3 is 1.33 bits per heavy atom. The molecule has 2 aromatic heterocycles. The highest BCUT2D eigenvalue weighted by molar-refractivity contribution is 7.26. The number of anilines is 6. The van der Waals surface area contributed by atoms with Gasteiger partial charge in [0.1, 0.15) is 0 Å².